The monoisotopic (exact) mass is 555 g/mol. The van der Waals surface area contributed by atoms with E-state index in [1.807, 2.05) is 30.5 Å². The highest BCUT2D eigenvalue weighted by atomic mass is 127. The van der Waals surface area contributed by atoms with Crippen LogP contribution in [-0.4, -0.2) is 73.6 Å². The highest BCUT2D eigenvalue weighted by Gasteiger charge is 2.37. The van der Waals surface area contributed by atoms with Crippen LogP contribution in [0.15, 0.2) is 0 Å². The molecule has 30 heavy (non-hydrogen) atoms. The molecule has 1 aromatic heterocycles. The molecular weight excluding hydrogens is 517 g/mol. The minimum Gasteiger partial charge on any atom is -0.473 e. The molecule has 0 aliphatic heterocycles. The summed E-state index contributed by atoms with van der Waals surface area (Å²) in [6, 6.07) is 0. The zero-order valence-corrected chi connectivity index (χ0v) is 22.9. The van der Waals surface area contributed by atoms with Crippen LogP contribution in [0.4, 0.5) is 0 Å². The summed E-state index contributed by atoms with van der Waals surface area (Å²) in [5, 5.41) is 14.8. The van der Waals surface area contributed by atoms with E-state index < -0.39 is 20.4 Å². The first kappa shape index (κ1) is 27.3. The highest BCUT2D eigenvalue weighted by Crippen LogP contribution is 2.36. The summed E-state index contributed by atoms with van der Waals surface area (Å²) in [5.74, 6) is -0.0495. The van der Waals surface area contributed by atoms with Gasteiger partial charge in [-0.3, -0.25) is 9.58 Å². The molecular formula is C20H38IN3O5Si. The maximum absolute atomic E-state index is 11.5. The number of carbonyl (C=O) groups is 1. The second-order valence-corrected chi connectivity index (χ2v) is 15.2. The number of nitrogens with zero attached hydrogens (tertiary/aromatic N) is 3. The van der Waals surface area contributed by atoms with Gasteiger partial charge in [-0.15, -0.1) is 5.10 Å². The molecule has 0 spiro atoms. The maximum atomic E-state index is 11.5. The topological polar surface area (TPSA) is 86.0 Å². The van der Waals surface area contributed by atoms with Crippen molar-refractivity contribution in [2.24, 2.45) is 0 Å². The summed E-state index contributed by atoms with van der Waals surface area (Å²) in [7, 11) is 1.26. The Kier molecular flexibility index (Phi) is 10.3. The highest BCUT2D eigenvalue weighted by molar-refractivity contribution is 14.1. The summed E-state index contributed by atoms with van der Waals surface area (Å²) < 4.78 is 19.6. The first-order chi connectivity index (χ1) is 13.7. The van der Waals surface area contributed by atoms with Crippen molar-refractivity contribution in [3.63, 3.8) is 0 Å². The van der Waals surface area contributed by atoms with Crippen LogP contribution in [0, 0.1) is 3.57 Å². The van der Waals surface area contributed by atoms with Gasteiger partial charge in [-0.25, -0.2) is 4.79 Å². The smallest absolute Gasteiger partial charge is 0.336 e. The lowest BCUT2D eigenvalue weighted by Crippen LogP contribution is -2.41. The van der Waals surface area contributed by atoms with E-state index in [0.717, 1.165) is 9.26 Å². The van der Waals surface area contributed by atoms with E-state index in [0.29, 0.717) is 25.6 Å². The first-order valence-electron chi connectivity index (χ1n) is 10.2. The van der Waals surface area contributed by atoms with Gasteiger partial charge in [0.1, 0.15) is 0 Å². The minimum atomic E-state index is -1.85. The van der Waals surface area contributed by atoms with Crippen LogP contribution in [0.3, 0.4) is 0 Å². The molecule has 1 atom stereocenters. The van der Waals surface area contributed by atoms with E-state index in [1.54, 1.807) is 0 Å². The quantitative estimate of drug-likeness (QED) is 0.255. The lowest BCUT2D eigenvalue weighted by molar-refractivity contribution is -0.151. The second-order valence-electron chi connectivity index (χ2n) is 9.30. The fraction of sp³-hybridized carbons (Fsp3) is 0.800. The van der Waals surface area contributed by atoms with Gasteiger partial charge in [-0.1, -0.05) is 20.8 Å². The second kappa shape index (κ2) is 11.3. The Morgan fingerprint density at radius 3 is 2.43 bits per heavy atom. The van der Waals surface area contributed by atoms with Crippen LogP contribution in [0.5, 0.6) is 5.88 Å². The number of methoxy groups -OCH3 is 1. The minimum absolute atomic E-state index is 0.0112. The van der Waals surface area contributed by atoms with Gasteiger partial charge in [0, 0.05) is 13.1 Å². The van der Waals surface area contributed by atoms with E-state index in [2.05, 4.69) is 66.3 Å². The number of ether oxygens (including phenoxy) is 2. The van der Waals surface area contributed by atoms with Gasteiger partial charge < -0.3 is 19.0 Å². The lowest BCUT2D eigenvalue weighted by atomic mass is 10.2. The number of carbonyl (C=O) groups excluding carboxylic acids is 1. The average Bonchev–Trinajstić information content (AvgIpc) is 2.88. The molecule has 174 valence electrons. The molecule has 0 bridgehead atoms. The Labute approximate surface area is 195 Å². The van der Waals surface area contributed by atoms with Crippen molar-refractivity contribution in [2.75, 3.05) is 27.3 Å². The number of aliphatic hydroxyl groups is 1. The molecule has 10 heteroatoms. The first-order valence-corrected chi connectivity index (χ1v) is 14.2. The van der Waals surface area contributed by atoms with Crippen LogP contribution in [-0.2, 0) is 27.0 Å². The van der Waals surface area contributed by atoms with Crippen molar-refractivity contribution in [3.8, 4) is 5.88 Å². The van der Waals surface area contributed by atoms with Gasteiger partial charge in [-0.05, 0) is 61.6 Å². The zero-order valence-electron chi connectivity index (χ0n) is 19.8. The SMILES string of the molecule is COC(=O)[C@H](O)CN(C)Cc1c(I)c(OC(C)C)nn1CCO[Si](C)(C)C(C)(C)C. The number of rotatable bonds is 11. The molecule has 0 aliphatic carbocycles. The molecule has 1 N–H and O–H groups in total. The van der Waals surface area contributed by atoms with E-state index >= 15 is 0 Å². The number of aromatic nitrogens is 2. The number of esters is 1. The Hall–Kier alpha value is -0.693. The predicted octanol–water partition coefficient (Wildman–Crippen LogP) is 3.26. The van der Waals surface area contributed by atoms with Gasteiger partial charge in [0.2, 0.25) is 5.88 Å². The number of halogens is 1. The third-order valence-corrected chi connectivity index (χ3v) is 10.9. The summed E-state index contributed by atoms with van der Waals surface area (Å²) in [5.41, 5.74) is 0.963. The molecule has 0 saturated heterocycles. The average molecular weight is 556 g/mol. The standard InChI is InChI=1S/C20H38IN3O5Si/c1-14(2)29-18-17(21)15(12-23(6)13-16(25)19(26)27-7)24(22-18)10-11-28-30(8,9)20(3,4)5/h14,16,25H,10-13H2,1-9H3/t16-/m1/s1. The van der Waals surface area contributed by atoms with E-state index in [4.69, 9.17) is 9.16 Å². The van der Waals surface area contributed by atoms with Crippen molar-refractivity contribution in [2.45, 2.75) is 78.0 Å². The molecule has 0 radical (unpaired) electrons. The van der Waals surface area contributed by atoms with E-state index in [-0.39, 0.29) is 17.7 Å². The normalized spacial score (nSPS) is 13.8. The van der Waals surface area contributed by atoms with Gasteiger partial charge in [-0.2, -0.15) is 0 Å². The largest absolute Gasteiger partial charge is 0.473 e. The summed E-state index contributed by atoms with van der Waals surface area (Å²) in [4.78, 5) is 13.4. The Morgan fingerprint density at radius 1 is 1.33 bits per heavy atom. The molecule has 0 unspecified atom stereocenters. The van der Waals surface area contributed by atoms with E-state index in [9.17, 15) is 9.90 Å². The molecule has 0 aromatic carbocycles. The molecule has 1 heterocycles. The molecule has 0 aliphatic rings. The van der Waals surface area contributed by atoms with Crippen LogP contribution in [0.1, 0.15) is 40.3 Å². The van der Waals surface area contributed by atoms with Gasteiger partial charge in [0.05, 0.1) is 35.6 Å². The van der Waals surface area contributed by atoms with Crippen LogP contribution >= 0.6 is 22.6 Å². The maximum Gasteiger partial charge on any atom is 0.336 e. The number of likely N-dealkylation sites (N-methyl/N-ethyl adjacent to an activating group) is 1. The predicted molar refractivity (Wildman–Crippen MR) is 128 cm³/mol. The van der Waals surface area contributed by atoms with Crippen LogP contribution in [0.25, 0.3) is 0 Å². The number of hydrogen-bond donors (Lipinski definition) is 1. The summed E-state index contributed by atoms with van der Waals surface area (Å²) in [6.07, 6.45) is -1.18. The fourth-order valence-electron chi connectivity index (χ4n) is 2.51. The zero-order chi connectivity index (χ0) is 23.3. The van der Waals surface area contributed by atoms with Gasteiger partial charge in [0.15, 0.2) is 14.4 Å². The van der Waals surface area contributed by atoms with Crippen molar-refractivity contribution in [1.29, 1.82) is 0 Å². The Balaban J connectivity index is 2.98. The fourth-order valence-corrected chi connectivity index (χ4v) is 4.23. The number of hydrogen-bond acceptors (Lipinski definition) is 7. The third-order valence-electron chi connectivity index (χ3n) is 5.26. The van der Waals surface area contributed by atoms with Gasteiger partial charge >= 0.3 is 5.97 Å². The van der Waals surface area contributed by atoms with Crippen molar-refractivity contribution >= 4 is 36.9 Å². The Bertz CT molecular complexity index is 703. The molecule has 1 rings (SSSR count). The van der Waals surface area contributed by atoms with Crippen LogP contribution in [0.2, 0.25) is 18.1 Å². The van der Waals surface area contributed by atoms with Crippen molar-refractivity contribution in [3.05, 3.63) is 9.26 Å². The van der Waals surface area contributed by atoms with Crippen LogP contribution < -0.4 is 4.74 Å². The molecule has 1 aromatic rings. The van der Waals surface area contributed by atoms with E-state index in [1.165, 1.54) is 7.11 Å². The summed E-state index contributed by atoms with van der Waals surface area (Å²) >= 11 is 2.24. The molecule has 0 saturated carbocycles. The molecule has 0 amide bonds. The summed E-state index contributed by atoms with van der Waals surface area (Å²) in [6.45, 7) is 16.9. The molecule has 8 nitrogen and oxygen atoms in total. The third kappa shape index (κ3) is 7.77. The number of aliphatic hydroxyl groups excluding tert-OH is 1. The Morgan fingerprint density at radius 2 is 1.93 bits per heavy atom. The lowest BCUT2D eigenvalue weighted by Gasteiger charge is -2.36. The van der Waals surface area contributed by atoms with Crippen molar-refractivity contribution < 1.29 is 23.8 Å². The molecule has 0 fully saturated rings. The van der Waals surface area contributed by atoms with Crippen molar-refractivity contribution in [1.82, 2.24) is 14.7 Å². The van der Waals surface area contributed by atoms with Gasteiger partial charge in [0.25, 0.3) is 0 Å².